The van der Waals surface area contributed by atoms with Crippen molar-refractivity contribution in [1.29, 1.82) is 0 Å². The van der Waals surface area contributed by atoms with E-state index in [1.54, 1.807) is 6.92 Å². The van der Waals surface area contributed by atoms with Gasteiger partial charge in [0.2, 0.25) is 0 Å². The number of carbonyl (C=O) groups excluding carboxylic acids is 1. The van der Waals surface area contributed by atoms with Gasteiger partial charge in [0.1, 0.15) is 5.82 Å². The third kappa shape index (κ3) is 1.64. The second kappa shape index (κ2) is 3.23. The third-order valence-electron chi connectivity index (χ3n) is 1.63. The van der Waals surface area contributed by atoms with Gasteiger partial charge in [0.25, 0.3) is 0 Å². The van der Waals surface area contributed by atoms with Crippen LogP contribution in [0.25, 0.3) is 0 Å². The number of hydrogen-bond acceptors (Lipinski definition) is 1. The molecule has 12 heavy (non-hydrogen) atoms. The lowest BCUT2D eigenvalue weighted by atomic mass is 10.1. The van der Waals surface area contributed by atoms with Gasteiger partial charge >= 0.3 is 0 Å². The van der Waals surface area contributed by atoms with Crippen LogP contribution in [-0.2, 0) is 0 Å². The highest BCUT2D eigenvalue weighted by Gasteiger charge is 2.09. The fraction of sp³-hybridized carbons (Fsp3) is 0.222. The van der Waals surface area contributed by atoms with Crippen molar-refractivity contribution in [3.05, 3.63) is 34.1 Å². The third-order valence-corrected chi connectivity index (χ3v) is 2.03. The zero-order valence-electron chi connectivity index (χ0n) is 6.82. The number of ketones is 1. The summed E-state index contributed by atoms with van der Waals surface area (Å²) in [6.07, 6.45) is 0. The van der Waals surface area contributed by atoms with Gasteiger partial charge in [-0.2, -0.15) is 0 Å². The molecule has 0 aliphatic heterocycles. The number of Topliss-reactive ketones (excluding diaryl/α,β-unsaturated/α-hetero) is 1. The highest BCUT2D eigenvalue weighted by Crippen LogP contribution is 2.19. The molecule has 0 atom stereocenters. The van der Waals surface area contributed by atoms with Crippen LogP contribution in [0.3, 0.4) is 0 Å². The van der Waals surface area contributed by atoms with Crippen molar-refractivity contribution in [2.45, 2.75) is 13.8 Å². The van der Waals surface area contributed by atoms with Gasteiger partial charge in [0, 0.05) is 5.02 Å². The maximum atomic E-state index is 13.0. The first kappa shape index (κ1) is 9.20. The number of hydrogen-bond donors (Lipinski definition) is 0. The summed E-state index contributed by atoms with van der Waals surface area (Å²) in [7, 11) is 0. The van der Waals surface area contributed by atoms with E-state index in [9.17, 15) is 9.18 Å². The highest BCUT2D eigenvalue weighted by molar-refractivity contribution is 6.31. The van der Waals surface area contributed by atoms with Crippen LogP contribution in [-0.4, -0.2) is 5.78 Å². The Hall–Kier alpha value is -0.890. The smallest absolute Gasteiger partial charge is 0.162 e. The molecule has 0 amide bonds. The summed E-state index contributed by atoms with van der Waals surface area (Å²) >= 11 is 5.64. The predicted molar refractivity (Wildman–Crippen MR) is 46.2 cm³/mol. The molecule has 0 aliphatic carbocycles. The Balaban J connectivity index is 3.33. The molecular weight excluding hydrogens is 179 g/mol. The Morgan fingerprint density at radius 2 is 2.08 bits per heavy atom. The summed E-state index contributed by atoms with van der Waals surface area (Å²) in [5.74, 6) is -0.842. The standard InChI is InChI=1S/C9H8ClFO/c1-5-3-7(6(2)12)9(11)4-8(5)10/h3-4H,1-2H3. The average Bonchev–Trinajstić information content (AvgIpc) is 1.96. The largest absolute Gasteiger partial charge is 0.294 e. The van der Waals surface area contributed by atoms with Crippen molar-refractivity contribution in [2.75, 3.05) is 0 Å². The molecular formula is C9H8ClFO. The van der Waals surface area contributed by atoms with Crippen molar-refractivity contribution in [3.63, 3.8) is 0 Å². The summed E-state index contributed by atoms with van der Waals surface area (Å²) < 4.78 is 13.0. The maximum Gasteiger partial charge on any atom is 0.162 e. The van der Waals surface area contributed by atoms with E-state index in [-0.39, 0.29) is 11.3 Å². The summed E-state index contributed by atoms with van der Waals surface area (Å²) in [5, 5.41) is 0.345. The molecule has 0 radical (unpaired) electrons. The van der Waals surface area contributed by atoms with Crippen molar-refractivity contribution in [1.82, 2.24) is 0 Å². The van der Waals surface area contributed by atoms with Gasteiger partial charge in [0.05, 0.1) is 5.56 Å². The second-order valence-electron chi connectivity index (χ2n) is 2.64. The maximum absolute atomic E-state index is 13.0. The Morgan fingerprint density at radius 3 is 2.58 bits per heavy atom. The average molecular weight is 187 g/mol. The van der Waals surface area contributed by atoms with Crippen molar-refractivity contribution in [3.8, 4) is 0 Å². The minimum Gasteiger partial charge on any atom is -0.294 e. The molecule has 0 heterocycles. The molecule has 1 aromatic rings. The first-order valence-corrected chi connectivity index (χ1v) is 3.86. The molecule has 0 aromatic heterocycles. The molecule has 0 fully saturated rings. The number of benzene rings is 1. The van der Waals surface area contributed by atoms with Crippen molar-refractivity contribution >= 4 is 17.4 Å². The summed E-state index contributed by atoms with van der Waals surface area (Å²) in [6.45, 7) is 3.06. The molecule has 64 valence electrons. The van der Waals surface area contributed by atoms with E-state index in [1.807, 2.05) is 0 Å². The molecule has 0 saturated carbocycles. The fourth-order valence-corrected chi connectivity index (χ4v) is 1.08. The molecule has 0 unspecified atom stereocenters. The van der Waals surface area contributed by atoms with Crippen LogP contribution in [0.5, 0.6) is 0 Å². The molecule has 0 aliphatic rings. The van der Waals surface area contributed by atoms with Crippen LogP contribution >= 0.6 is 11.6 Å². The van der Waals surface area contributed by atoms with Gasteiger partial charge in [-0.1, -0.05) is 11.6 Å². The van der Waals surface area contributed by atoms with Gasteiger partial charge < -0.3 is 0 Å². The van der Waals surface area contributed by atoms with E-state index in [1.165, 1.54) is 13.0 Å². The minimum absolute atomic E-state index is 0.0944. The van der Waals surface area contributed by atoms with Crippen LogP contribution in [0.1, 0.15) is 22.8 Å². The first-order valence-electron chi connectivity index (χ1n) is 3.49. The van der Waals surface area contributed by atoms with E-state index in [0.717, 1.165) is 6.07 Å². The normalized spacial score (nSPS) is 10.0. The van der Waals surface area contributed by atoms with Crippen LogP contribution in [0.2, 0.25) is 5.02 Å². The van der Waals surface area contributed by atoms with E-state index >= 15 is 0 Å². The summed E-state index contributed by atoms with van der Waals surface area (Å²) in [4.78, 5) is 10.8. The summed E-state index contributed by atoms with van der Waals surface area (Å²) in [6, 6.07) is 2.62. The zero-order chi connectivity index (χ0) is 9.30. The highest BCUT2D eigenvalue weighted by atomic mass is 35.5. The van der Waals surface area contributed by atoms with E-state index in [2.05, 4.69) is 0 Å². The monoisotopic (exact) mass is 186 g/mol. The Labute approximate surface area is 75.2 Å². The fourth-order valence-electron chi connectivity index (χ4n) is 0.927. The Morgan fingerprint density at radius 1 is 1.50 bits per heavy atom. The minimum atomic E-state index is -0.557. The second-order valence-corrected chi connectivity index (χ2v) is 3.04. The molecule has 0 N–H and O–H groups in total. The number of carbonyl (C=O) groups is 1. The van der Waals surface area contributed by atoms with Gasteiger partial charge in [0.15, 0.2) is 5.78 Å². The van der Waals surface area contributed by atoms with Gasteiger partial charge in [-0.3, -0.25) is 4.79 Å². The number of rotatable bonds is 1. The SMILES string of the molecule is CC(=O)c1cc(C)c(Cl)cc1F. The zero-order valence-corrected chi connectivity index (χ0v) is 7.57. The predicted octanol–water partition coefficient (Wildman–Crippen LogP) is 2.99. The number of halogens is 2. The molecule has 1 nitrogen and oxygen atoms in total. The molecule has 0 spiro atoms. The van der Waals surface area contributed by atoms with Crippen LogP contribution < -0.4 is 0 Å². The number of aryl methyl sites for hydroxylation is 1. The van der Waals surface area contributed by atoms with Gasteiger partial charge in [-0.15, -0.1) is 0 Å². The molecule has 1 aromatic carbocycles. The van der Waals surface area contributed by atoms with Crippen LogP contribution in [0.4, 0.5) is 4.39 Å². The lowest BCUT2D eigenvalue weighted by molar-refractivity contribution is 0.101. The summed E-state index contributed by atoms with van der Waals surface area (Å²) in [5.41, 5.74) is 0.806. The van der Waals surface area contributed by atoms with Crippen molar-refractivity contribution < 1.29 is 9.18 Å². The van der Waals surface area contributed by atoms with Gasteiger partial charge in [-0.25, -0.2) is 4.39 Å². The molecule has 3 heteroatoms. The first-order chi connectivity index (χ1) is 5.52. The van der Waals surface area contributed by atoms with E-state index < -0.39 is 5.82 Å². The van der Waals surface area contributed by atoms with E-state index in [4.69, 9.17) is 11.6 Å². The lowest BCUT2D eigenvalue weighted by Gasteiger charge is -2.01. The quantitative estimate of drug-likeness (QED) is 0.617. The lowest BCUT2D eigenvalue weighted by Crippen LogP contribution is -1.97. The van der Waals surface area contributed by atoms with Gasteiger partial charge in [-0.05, 0) is 31.5 Å². The van der Waals surface area contributed by atoms with E-state index in [0.29, 0.717) is 10.6 Å². The van der Waals surface area contributed by atoms with Crippen molar-refractivity contribution in [2.24, 2.45) is 0 Å². The molecule has 0 saturated heterocycles. The molecule has 1 rings (SSSR count). The molecule has 0 bridgehead atoms. The Kier molecular flexibility index (Phi) is 2.48. The van der Waals surface area contributed by atoms with Crippen LogP contribution in [0.15, 0.2) is 12.1 Å². The van der Waals surface area contributed by atoms with Crippen LogP contribution in [0, 0.1) is 12.7 Å². The topological polar surface area (TPSA) is 17.1 Å². The Bertz CT molecular complexity index is 334.